The fraction of sp³-hybridized carbons (Fsp3) is 0.478. The molecule has 1 aromatic carbocycles. The van der Waals surface area contributed by atoms with Gasteiger partial charge in [0.25, 0.3) is 0 Å². The molecule has 1 aliphatic carbocycles. The number of rotatable bonds is 7. The lowest BCUT2D eigenvalue weighted by molar-refractivity contribution is -0.117. The van der Waals surface area contributed by atoms with Crippen molar-refractivity contribution < 1.29 is 9.59 Å². The Kier molecular flexibility index (Phi) is 7.97. The lowest BCUT2D eigenvalue weighted by Crippen LogP contribution is -2.34. The molecule has 1 aliphatic heterocycles. The van der Waals surface area contributed by atoms with Crippen LogP contribution in [0.4, 0.5) is 0 Å². The van der Waals surface area contributed by atoms with E-state index in [2.05, 4.69) is 4.90 Å². The van der Waals surface area contributed by atoms with Crippen molar-refractivity contribution in [2.24, 2.45) is 11.7 Å². The molecule has 2 N–H and O–H groups in total. The van der Waals surface area contributed by atoms with Gasteiger partial charge in [0, 0.05) is 47.3 Å². The molecule has 2 aliphatic rings. The molecule has 0 spiro atoms. The summed E-state index contributed by atoms with van der Waals surface area (Å²) in [7, 11) is 0. The Labute approximate surface area is 193 Å². The molecule has 0 saturated heterocycles. The Morgan fingerprint density at radius 2 is 1.83 bits per heavy atom. The van der Waals surface area contributed by atoms with Gasteiger partial charge in [-0.1, -0.05) is 36.6 Å². The standard InChI is InChI=1S/C23H27ClN2O2S.ClH/c24-17-7-5-15(6-8-17)11-18(27)12-20-22(23(25)28)19-9-10-26(14-21(19)29-20)13-16-3-1-2-4-16;/h5-8,16H,1-4,9-14H2,(H2,25,28);1H. The first-order valence-electron chi connectivity index (χ1n) is 10.4. The number of nitrogens with zero attached hydrogens (tertiary/aromatic N) is 1. The molecule has 1 aromatic heterocycles. The molecule has 0 unspecified atom stereocenters. The van der Waals surface area contributed by atoms with Gasteiger partial charge >= 0.3 is 0 Å². The second kappa shape index (κ2) is 10.3. The van der Waals surface area contributed by atoms with Gasteiger partial charge in [0.2, 0.25) is 5.91 Å². The van der Waals surface area contributed by atoms with E-state index in [1.807, 2.05) is 12.1 Å². The van der Waals surface area contributed by atoms with Crippen molar-refractivity contribution in [2.45, 2.75) is 51.5 Å². The Morgan fingerprint density at radius 3 is 2.50 bits per heavy atom. The topological polar surface area (TPSA) is 63.4 Å². The van der Waals surface area contributed by atoms with E-state index in [9.17, 15) is 9.59 Å². The minimum atomic E-state index is -0.402. The van der Waals surface area contributed by atoms with Crippen LogP contribution in [-0.2, 0) is 30.6 Å². The van der Waals surface area contributed by atoms with E-state index in [-0.39, 0.29) is 24.6 Å². The zero-order chi connectivity index (χ0) is 20.4. The number of halogens is 2. The molecule has 162 valence electrons. The predicted octanol–water partition coefficient (Wildman–Crippen LogP) is 4.82. The number of ketones is 1. The van der Waals surface area contributed by atoms with Crippen LogP contribution >= 0.6 is 35.3 Å². The maximum absolute atomic E-state index is 12.7. The number of nitrogens with two attached hydrogens (primary N) is 1. The third kappa shape index (κ3) is 5.44. The average molecular weight is 467 g/mol. The summed E-state index contributed by atoms with van der Waals surface area (Å²) in [6.45, 7) is 2.99. The van der Waals surface area contributed by atoms with Crippen LogP contribution in [0.25, 0.3) is 0 Å². The number of hydrogen-bond acceptors (Lipinski definition) is 4. The molecule has 0 bridgehead atoms. The highest BCUT2D eigenvalue weighted by Gasteiger charge is 2.29. The molecule has 1 saturated carbocycles. The van der Waals surface area contributed by atoms with Gasteiger partial charge in [0.1, 0.15) is 5.78 Å². The first-order valence-corrected chi connectivity index (χ1v) is 11.6. The second-order valence-corrected chi connectivity index (χ2v) is 9.95. The summed E-state index contributed by atoms with van der Waals surface area (Å²) in [6.07, 6.45) is 6.84. The van der Waals surface area contributed by atoms with Crippen molar-refractivity contribution >= 4 is 47.0 Å². The van der Waals surface area contributed by atoms with Crippen LogP contribution in [0.2, 0.25) is 5.02 Å². The van der Waals surface area contributed by atoms with Crippen molar-refractivity contribution in [2.75, 3.05) is 13.1 Å². The van der Waals surface area contributed by atoms with Crippen LogP contribution in [0.5, 0.6) is 0 Å². The van der Waals surface area contributed by atoms with Crippen molar-refractivity contribution in [3.63, 3.8) is 0 Å². The van der Waals surface area contributed by atoms with Crippen LogP contribution in [0, 0.1) is 5.92 Å². The molecule has 4 nitrogen and oxygen atoms in total. The number of benzene rings is 1. The molecule has 7 heteroatoms. The number of carbonyl (C=O) groups excluding carboxylic acids is 2. The maximum atomic E-state index is 12.7. The van der Waals surface area contributed by atoms with Gasteiger partial charge in [0.05, 0.1) is 5.56 Å². The number of carbonyl (C=O) groups is 2. The highest BCUT2D eigenvalue weighted by Crippen LogP contribution is 2.35. The summed E-state index contributed by atoms with van der Waals surface area (Å²) in [4.78, 5) is 29.4. The highest BCUT2D eigenvalue weighted by molar-refractivity contribution is 7.12. The summed E-state index contributed by atoms with van der Waals surface area (Å²) in [5.41, 5.74) is 8.35. The van der Waals surface area contributed by atoms with Crippen molar-refractivity contribution in [3.8, 4) is 0 Å². The number of hydrogen-bond donors (Lipinski definition) is 1. The lowest BCUT2D eigenvalue weighted by atomic mass is 9.97. The molecule has 30 heavy (non-hydrogen) atoms. The zero-order valence-corrected chi connectivity index (χ0v) is 19.4. The maximum Gasteiger partial charge on any atom is 0.250 e. The van der Waals surface area contributed by atoms with Crippen LogP contribution in [0.1, 0.15) is 56.9 Å². The van der Waals surface area contributed by atoms with E-state index in [1.54, 1.807) is 23.5 Å². The largest absolute Gasteiger partial charge is 0.366 e. The van der Waals surface area contributed by atoms with Gasteiger partial charge < -0.3 is 5.73 Å². The number of fused-ring (bicyclic) bond motifs is 1. The Hall–Kier alpha value is -1.40. The molecule has 1 fully saturated rings. The van der Waals surface area contributed by atoms with E-state index in [0.717, 1.165) is 48.0 Å². The number of Topliss-reactive ketones (excluding diaryl/α,β-unsaturated/α-hetero) is 1. The number of amides is 1. The summed E-state index contributed by atoms with van der Waals surface area (Å²) < 4.78 is 0. The Morgan fingerprint density at radius 1 is 1.13 bits per heavy atom. The van der Waals surface area contributed by atoms with Crippen LogP contribution in [-0.4, -0.2) is 29.7 Å². The Bertz CT molecular complexity index is 905. The minimum absolute atomic E-state index is 0. The van der Waals surface area contributed by atoms with E-state index >= 15 is 0 Å². The number of primary amides is 1. The first kappa shape index (κ1) is 23.3. The third-order valence-electron chi connectivity index (χ3n) is 6.12. The molecular formula is C23H28Cl2N2O2S. The smallest absolute Gasteiger partial charge is 0.250 e. The monoisotopic (exact) mass is 466 g/mol. The summed E-state index contributed by atoms with van der Waals surface area (Å²) in [5.74, 6) is 0.504. The quantitative estimate of drug-likeness (QED) is 0.635. The molecule has 2 aromatic rings. The van der Waals surface area contributed by atoms with Crippen LogP contribution < -0.4 is 5.73 Å². The van der Waals surface area contributed by atoms with Gasteiger partial charge in [-0.2, -0.15) is 0 Å². The molecular weight excluding hydrogens is 439 g/mol. The molecule has 1 amide bonds. The summed E-state index contributed by atoms with van der Waals surface area (Å²) in [5, 5.41) is 0.658. The third-order valence-corrected chi connectivity index (χ3v) is 7.59. The van der Waals surface area contributed by atoms with Gasteiger partial charge in [-0.15, -0.1) is 23.7 Å². The van der Waals surface area contributed by atoms with Crippen molar-refractivity contribution in [1.82, 2.24) is 4.90 Å². The first-order chi connectivity index (χ1) is 14.0. The minimum Gasteiger partial charge on any atom is -0.366 e. The average Bonchev–Trinajstić information content (AvgIpc) is 3.30. The fourth-order valence-electron chi connectivity index (χ4n) is 4.71. The Balaban J connectivity index is 0.00000256. The van der Waals surface area contributed by atoms with E-state index in [4.69, 9.17) is 17.3 Å². The fourth-order valence-corrected chi connectivity index (χ4v) is 6.27. The van der Waals surface area contributed by atoms with Gasteiger partial charge in [0.15, 0.2) is 0 Å². The van der Waals surface area contributed by atoms with Gasteiger partial charge in [-0.3, -0.25) is 14.5 Å². The molecule has 4 rings (SSSR count). The van der Waals surface area contributed by atoms with Gasteiger partial charge in [-0.25, -0.2) is 0 Å². The summed E-state index contributed by atoms with van der Waals surface area (Å²) >= 11 is 7.53. The summed E-state index contributed by atoms with van der Waals surface area (Å²) in [6, 6.07) is 7.33. The van der Waals surface area contributed by atoms with Crippen molar-refractivity contribution in [1.29, 1.82) is 0 Å². The number of thiophene rings is 1. The normalized spacial score (nSPS) is 16.8. The van der Waals surface area contributed by atoms with Crippen molar-refractivity contribution in [3.05, 3.63) is 55.7 Å². The molecule has 0 atom stereocenters. The molecule has 0 radical (unpaired) electrons. The zero-order valence-electron chi connectivity index (χ0n) is 17.0. The molecule has 2 heterocycles. The second-order valence-electron chi connectivity index (χ2n) is 8.32. The van der Waals surface area contributed by atoms with Gasteiger partial charge in [-0.05, 0) is 48.4 Å². The highest BCUT2D eigenvalue weighted by atomic mass is 35.5. The van der Waals surface area contributed by atoms with E-state index < -0.39 is 5.91 Å². The lowest BCUT2D eigenvalue weighted by Gasteiger charge is -2.29. The SMILES string of the molecule is Cl.NC(=O)c1c(CC(=O)Cc2ccc(Cl)cc2)sc2c1CCN(CC1CCCC1)C2. The van der Waals surface area contributed by atoms with E-state index in [1.165, 1.54) is 30.6 Å². The van der Waals surface area contributed by atoms with Crippen LogP contribution in [0.3, 0.4) is 0 Å². The van der Waals surface area contributed by atoms with Crippen LogP contribution in [0.15, 0.2) is 24.3 Å². The van der Waals surface area contributed by atoms with E-state index in [0.29, 0.717) is 17.0 Å². The predicted molar refractivity (Wildman–Crippen MR) is 125 cm³/mol.